The van der Waals surface area contributed by atoms with Gasteiger partial charge in [0.2, 0.25) is 0 Å². The van der Waals surface area contributed by atoms with Crippen LogP contribution in [-0.4, -0.2) is 29.4 Å². The Balaban J connectivity index is 2.09. The largest absolute Gasteiger partial charge is 0.369 e. The standard InChI is InChI=1S/C13H16BrN3O/c1-13(11(18)17(2)12(15)16-13)7-6-9-4-3-5-10(14)8-9/h3-5,8H,6-7H2,1-2H3,(H2,15,16). The molecule has 4 nitrogen and oxygen atoms in total. The van der Waals surface area contributed by atoms with Crippen LogP contribution in [0.4, 0.5) is 0 Å². The monoisotopic (exact) mass is 309 g/mol. The van der Waals surface area contributed by atoms with Gasteiger partial charge in [-0.15, -0.1) is 0 Å². The highest BCUT2D eigenvalue weighted by molar-refractivity contribution is 9.10. The lowest BCUT2D eigenvalue weighted by atomic mass is 9.93. The highest BCUT2D eigenvalue weighted by Crippen LogP contribution is 2.26. The van der Waals surface area contributed by atoms with Crippen LogP contribution >= 0.6 is 15.9 Å². The molecule has 0 saturated heterocycles. The van der Waals surface area contributed by atoms with E-state index >= 15 is 0 Å². The third-order valence-corrected chi connectivity index (χ3v) is 3.75. The summed E-state index contributed by atoms with van der Waals surface area (Å²) in [6.45, 7) is 1.84. The van der Waals surface area contributed by atoms with E-state index in [9.17, 15) is 4.79 Å². The van der Waals surface area contributed by atoms with Crippen molar-refractivity contribution in [3.8, 4) is 0 Å². The fourth-order valence-electron chi connectivity index (χ4n) is 2.08. The van der Waals surface area contributed by atoms with Crippen LogP contribution in [0.2, 0.25) is 0 Å². The van der Waals surface area contributed by atoms with E-state index in [-0.39, 0.29) is 5.91 Å². The van der Waals surface area contributed by atoms with Crippen molar-refractivity contribution < 1.29 is 4.79 Å². The van der Waals surface area contributed by atoms with E-state index in [1.54, 1.807) is 7.05 Å². The van der Waals surface area contributed by atoms with Crippen LogP contribution in [0.1, 0.15) is 18.9 Å². The topological polar surface area (TPSA) is 58.7 Å². The second kappa shape index (κ2) is 4.72. The molecule has 96 valence electrons. The summed E-state index contributed by atoms with van der Waals surface area (Å²) in [5, 5.41) is 0. The minimum atomic E-state index is -0.721. The van der Waals surface area contributed by atoms with Crippen LogP contribution in [0.25, 0.3) is 0 Å². The number of carbonyl (C=O) groups excluding carboxylic acids is 1. The molecule has 2 rings (SSSR count). The zero-order valence-corrected chi connectivity index (χ0v) is 12.1. The van der Waals surface area contributed by atoms with Crippen molar-refractivity contribution in [3.05, 3.63) is 34.3 Å². The summed E-state index contributed by atoms with van der Waals surface area (Å²) in [6, 6.07) is 8.07. The number of halogens is 1. The smallest absolute Gasteiger partial charge is 0.256 e. The molecule has 1 aromatic rings. The van der Waals surface area contributed by atoms with Crippen molar-refractivity contribution in [3.63, 3.8) is 0 Å². The summed E-state index contributed by atoms with van der Waals surface area (Å²) in [7, 11) is 1.66. The van der Waals surface area contributed by atoms with E-state index in [2.05, 4.69) is 27.0 Å². The lowest BCUT2D eigenvalue weighted by Crippen LogP contribution is -2.40. The molecule has 0 radical (unpaired) electrons. The fraction of sp³-hybridized carbons (Fsp3) is 0.385. The zero-order valence-electron chi connectivity index (χ0n) is 10.5. The van der Waals surface area contributed by atoms with Gasteiger partial charge in [-0.05, 0) is 37.5 Å². The Morgan fingerprint density at radius 2 is 2.22 bits per heavy atom. The molecular formula is C13H16BrN3O. The lowest BCUT2D eigenvalue weighted by Gasteiger charge is -2.19. The molecule has 1 unspecified atom stereocenters. The Hall–Kier alpha value is -1.36. The van der Waals surface area contributed by atoms with E-state index < -0.39 is 5.54 Å². The number of aryl methyl sites for hydroxylation is 1. The normalized spacial score (nSPS) is 23.4. The first-order valence-corrected chi connectivity index (χ1v) is 6.59. The van der Waals surface area contributed by atoms with Gasteiger partial charge >= 0.3 is 0 Å². The third kappa shape index (κ3) is 2.41. The van der Waals surface area contributed by atoms with Gasteiger partial charge in [-0.1, -0.05) is 28.1 Å². The summed E-state index contributed by atoms with van der Waals surface area (Å²) < 4.78 is 1.04. The number of nitrogens with two attached hydrogens (primary N) is 1. The van der Waals surface area contributed by atoms with Crippen molar-refractivity contribution in [1.82, 2.24) is 4.90 Å². The van der Waals surface area contributed by atoms with E-state index in [1.165, 1.54) is 10.5 Å². The summed E-state index contributed by atoms with van der Waals surface area (Å²) in [5.74, 6) is 0.270. The van der Waals surface area contributed by atoms with Gasteiger partial charge in [-0.3, -0.25) is 9.69 Å². The maximum absolute atomic E-state index is 12.0. The molecule has 1 heterocycles. The lowest BCUT2D eigenvalue weighted by molar-refractivity contribution is -0.129. The average molecular weight is 310 g/mol. The number of likely N-dealkylation sites (N-methyl/N-ethyl adjacent to an activating group) is 1. The van der Waals surface area contributed by atoms with Crippen molar-refractivity contribution in [2.75, 3.05) is 7.05 Å². The molecule has 0 fully saturated rings. The number of nitrogens with zero attached hydrogens (tertiary/aromatic N) is 2. The number of benzene rings is 1. The first-order valence-electron chi connectivity index (χ1n) is 5.80. The molecule has 1 atom stereocenters. The van der Waals surface area contributed by atoms with E-state index in [4.69, 9.17) is 5.73 Å². The molecule has 0 saturated carbocycles. The number of hydrogen-bond donors (Lipinski definition) is 1. The summed E-state index contributed by atoms with van der Waals surface area (Å²) in [4.78, 5) is 17.7. The molecular weight excluding hydrogens is 294 g/mol. The Morgan fingerprint density at radius 3 is 2.78 bits per heavy atom. The number of guanidine groups is 1. The highest BCUT2D eigenvalue weighted by Gasteiger charge is 2.41. The van der Waals surface area contributed by atoms with Crippen molar-refractivity contribution in [2.24, 2.45) is 10.7 Å². The summed E-state index contributed by atoms with van der Waals surface area (Å²) in [6.07, 6.45) is 1.46. The Kier molecular flexibility index (Phi) is 3.43. The predicted octanol–water partition coefficient (Wildman–Crippen LogP) is 1.93. The van der Waals surface area contributed by atoms with Crippen molar-refractivity contribution >= 4 is 27.8 Å². The number of amides is 1. The average Bonchev–Trinajstić information content (AvgIpc) is 2.52. The molecule has 1 aliphatic heterocycles. The maximum atomic E-state index is 12.0. The van der Waals surface area contributed by atoms with Gasteiger partial charge in [0.15, 0.2) is 5.96 Å². The summed E-state index contributed by atoms with van der Waals surface area (Å²) >= 11 is 3.44. The molecule has 1 aromatic carbocycles. The molecule has 18 heavy (non-hydrogen) atoms. The second-order valence-corrected chi connectivity index (χ2v) is 5.65. The van der Waals surface area contributed by atoms with Crippen LogP contribution in [0.5, 0.6) is 0 Å². The first kappa shape index (κ1) is 13.1. The highest BCUT2D eigenvalue weighted by atomic mass is 79.9. The number of aliphatic imine (C=N–C) groups is 1. The van der Waals surface area contributed by atoms with Gasteiger partial charge in [0.25, 0.3) is 5.91 Å². The first-order chi connectivity index (χ1) is 8.42. The quantitative estimate of drug-likeness (QED) is 0.927. The fourth-order valence-corrected chi connectivity index (χ4v) is 2.53. The zero-order chi connectivity index (χ0) is 13.3. The van der Waals surface area contributed by atoms with E-state index in [0.717, 1.165) is 10.9 Å². The predicted molar refractivity (Wildman–Crippen MR) is 75.3 cm³/mol. The Labute approximate surface area is 115 Å². The van der Waals surface area contributed by atoms with E-state index in [1.807, 2.05) is 25.1 Å². The second-order valence-electron chi connectivity index (χ2n) is 4.74. The van der Waals surface area contributed by atoms with Crippen molar-refractivity contribution in [1.29, 1.82) is 0 Å². The van der Waals surface area contributed by atoms with Gasteiger partial charge < -0.3 is 5.73 Å². The van der Waals surface area contributed by atoms with Gasteiger partial charge in [0.1, 0.15) is 5.54 Å². The summed E-state index contributed by atoms with van der Waals surface area (Å²) in [5.41, 5.74) is 6.15. The number of carbonyl (C=O) groups is 1. The van der Waals surface area contributed by atoms with Crippen LogP contribution in [0.3, 0.4) is 0 Å². The Morgan fingerprint density at radius 1 is 1.50 bits per heavy atom. The van der Waals surface area contributed by atoms with Crippen molar-refractivity contribution in [2.45, 2.75) is 25.3 Å². The maximum Gasteiger partial charge on any atom is 0.256 e. The molecule has 1 amide bonds. The molecule has 0 aliphatic carbocycles. The third-order valence-electron chi connectivity index (χ3n) is 3.26. The van der Waals surface area contributed by atoms with Gasteiger partial charge in [0.05, 0.1) is 0 Å². The van der Waals surface area contributed by atoms with Gasteiger partial charge in [0, 0.05) is 11.5 Å². The Bertz CT molecular complexity index is 515. The SMILES string of the molecule is CN1C(=O)C(C)(CCc2cccc(Br)c2)N=C1N. The molecule has 0 spiro atoms. The molecule has 1 aliphatic rings. The molecule has 5 heteroatoms. The minimum absolute atomic E-state index is 0.0324. The van der Waals surface area contributed by atoms with Gasteiger partial charge in [-0.25, -0.2) is 4.99 Å². The minimum Gasteiger partial charge on any atom is -0.369 e. The molecule has 2 N–H and O–H groups in total. The van der Waals surface area contributed by atoms with Crippen LogP contribution < -0.4 is 5.73 Å². The van der Waals surface area contributed by atoms with Gasteiger partial charge in [-0.2, -0.15) is 0 Å². The van der Waals surface area contributed by atoms with E-state index in [0.29, 0.717) is 12.4 Å². The van der Waals surface area contributed by atoms with Crippen LogP contribution in [0.15, 0.2) is 33.7 Å². The molecule has 0 aromatic heterocycles. The molecule has 0 bridgehead atoms. The van der Waals surface area contributed by atoms with Crippen LogP contribution in [-0.2, 0) is 11.2 Å². The number of rotatable bonds is 3. The number of hydrogen-bond acceptors (Lipinski definition) is 3. The van der Waals surface area contributed by atoms with Crippen LogP contribution in [0, 0.1) is 0 Å².